The highest BCUT2D eigenvalue weighted by molar-refractivity contribution is 7.09. The molecular formula is C16H23N5O2S. The lowest BCUT2D eigenvalue weighted by molar-refractivity contribution is -0.124. The molecule has 2 aromatic heterocycles. The Morgan fingerprint density at radius 1 is 1.54 bits per heavy atom. The van der Waals surface area contributed by atoms with Gasteiger partial charge >= 0.3 is 0 Å². The smallest absolute Gasteiger partial charge is 0.245 e. The van der Waals surface area contributed by atoms with Crippen molar-refractivity contribution in [3.8, 4) is 0 Å². The Kier molecular flexibility index (Phi) is 5.60. The van der Waals surface area contributed by atoms with Crippen molar-refractivity contribution in [1.82, 2.24) is 25.0 Å². The molecule has 1 N–H and O–H groups in total. The Bertz CT molecular complexity index is 684. The Morgan fingerprint density at radius 3 is 3.17 bits per heavy atom. The monoisotopic (exact) mass is 349 g/mol. The number of carbonyl (C=O) groups excluding carboxylic acids is 1. The highest BCUT2D eigenvalue weighted by atomic mass is 32.1. The summed E-state index contributed by atoms with van der Waals surface area (Å²) in [6, 6.07) is 2.34. The molecule has 0 radical (unpaired) electrons. The van der Waals surface area contributed by atoms with Gasteiger partial charge in [-0.1, -0.05) is 0 Å². The van der Waals surface area contributed by atoms with E-state index in [0.29, 0.717) is 6.54 Å². The third-order valence-corrected chi connectivity index (χ3v) is 5.16. The second-order valence-corrected chi connectivity index (χ2v) is 6.96. The van der Waals surface area contributed by atoms with Crippen molar-refractivity contribution < 1.29 is 9.53 Å². The van der Waals surface area contributed by atoms with Crippen LogP contribution in [0.25, 0.3) is 0 Å². The number of ether oxygens (including phenoxy) is 1. The maximum Gasteiger partial charge on any atom is 0.245 e. The van der Waals surface area contributed by atoms with Crippen molar-refractivity contribution in [3.63, 3.8) is 0 Å². The number of nitrogens with zero attached hydrogens (tertiary/aromatic N) is 4. The molecule has 1 aliphatic rings. The fourth-order valence-corrected chi connectivity index (χ4v) is 3.86. The number of hydrogen-bond donors (Lipinski definition) is 1. The first kappa shape index (κ1) is 17.1. The van der Waals surface area contributed by atoms with Gasteiger partial charge in [0.1, 0.15) is 6.61 Å². The van der Waals surface area contributed by atoms with Crippen LogP contribution >= 0.6 is 11.3 Å². The molecule has 1 aliphatic heterocycles. The predicted octanol–water partition coefficient (Wildman–Crippen LogP) is 1.36. The molecule has 24 heavy (non-hydrogen) atoms. The number of amides is 1. The molecule has 0 aliphatic carbocycles. The number of thiazole rings is 1. The van der Waals surface area contributed by atoms with Gasteiger partial charge < -0.3 is 10.1 Å². The molecule has 0 saturated heterocycles. The summed E-state index contributed by atoms with van der Waals surface area (Å²) in [4.78, 5) is 19.6. The number of aryl methyl sites for hydroxylation is 1. The van der Waals surface area contributed by atoms with Crippen molar-refractivity contribution in [3.05, 3.63) is 34.0 Å². The largest absolute Gasteiger partial charge is 0.375 e. The average molecular weight is 349 g/mol. The molecule has 0 fully saturated rings. The molecule has 8 heteroatoms. The molecular weight excluding hydrogens is 326 g/mol. The number of aromatic nitrogens is 3. The predicted molar refractivity (Wildman–Crippen MR) is 91.7 cm³/mol. The average Bonchev–Trinajstić information content (AvgIpc) is 3.17. The standard InChI is InChI=1S/C16H23N5O2S/c1-12-15(24-11-18-12)9-20-7-13(3-5-17-16(22)10-23-2)21-14(8-20)4-6-19-21/h4,6,11,13H,3,5,7-10H2,1-2H3,(H,17,22). The fraction of sp³-hybridized carbons (Fsp3) is 0.562. The van der Waals surface area contributed by atoms with E-state index in [1.165, 1.54) is 17.7 Å². The molecule has 3 rings (SSSR count). The third kappa shape index (κ3) is 4.00. The molecule has 3 heterocycles. The second-order valence-electron chi connectivity index (χ2n) is 6.02. The first-order valence-electron chi connectivity index (χ1n) is 8.06. The normalized spacial score (nSPS) is 17.7. The van der Waals surface area contributed by atoms with Gasteiger partial charge in [0.15, 0.2) is 0 Å². The fourth-order valence-electron chi connectivity index (χ4n) is 3.04. The van der Waals surface area contributed by atoms with E-state index in [4.69, 9.17) is 4.74 Å². The van der Waals surface area contributed by atoms with E-state index in [9.17, 15) is 4.79 Å². The summed E-state index contributed by atoms with van der Waals surface area (Å²) in [5, 5.41) is 7.36. The van der Waals surface area contributed by atoms with Gasteiger partial charge in [0.25, 0.3) is 0 Å². The van der Waals surface area contributed by atoms with Crippen LogP contribution in [0.15, 0.2) is 17.8 Å². The van der Waals surface area contributed by atoms with Crippen LogP contribution in [0.2, 0.25) is 0 Å². The third-order valence-electron chi connectivity index (χ3n) is 4.24. The molecule has 0 saturated carbocycles. The molecule has 130 valence electrons. The first-order chi connectivity index (χ1) is 11.7. The van der Waals surface area contributed by atoms with Crippen LogP contribution in [0.3, 0.4) is 0 Å². The molecule has 1 atom stereocenters. The number of fused-ring (bicyclic) bond motifs is 1. The Morgan fingerprint density at radius 2 is 2.42 bits per heavy atom. The number of methoxy groups -OCH3 is 1. The van der Waals surface area contributed by atoms with E-state index < -0.39 is 0 Å². The Balaban J connectivity index is 1.61. The first-order valence-corrected chi connectivity index (χ1v) is 8.94. The molecule has 0 bridgehead atoms. The van der Waals surface area contributed by atoms with Crippen LogP contribution in [0, 0.1) is 6.92 Å². The highest BCUT2D eigenvalue weighted by Crippen LogP contribution is 2.25. The van der Waals surface area contributed by atoms with Crippen molar-refractivity contribution in [2.45, 2.75) is 32.5 Å². The van der Waals surface area contributed by atoms with Gasteiger partial charge in [-0.3, -0.25) is 14.4 Å². The van der Waals surface area contributed by atoms with Gasteiger partial charge in [0, 0.05) is 44.4 Å². The van der Waals surface area contributed by atoms with Gasteiger partial charge in [-0.15, -0.1) is 11.3 Å². The molecule has 0 spiro atoms. The maximum absolute atomic E-state index is 11.5. The SMILES string of the molecule is COCC(=O)NCCC1CN(Cc2scnc2C)Cc2ccnn21. The van der Waals surface area contributed by atoms with Gasteiger partial charge in [-0.05, 0) is 19.4 Å². The summed E-state index contributed by atoms with van der Waals surface area (Å²) < 4.78 is 6.93. The van der Waals surface area contributed by atoms with Gasteiger partial charge in [-0.2, -0.15) is 5.10 Å². The quantitative estimate of drug-likeness (QED) is 0.817. The van der Waals surface area contributed by atoms with E-state index in [0.717, 1.165) is 31.7 Å². The summed E-state index contributed by atoms with van der Waals surface area (Å²) in [7, 11) is 1.52. The molecule has 7 nitrogen and oxygen atoms in total. The van der Waals surface area contributed by atoms with Crippen molar-refractivity contribution in [1.29, 1.82) is 0 Å². The second kappa shape index (κ2) is 7.87. The number of rotatable bonds is 7. The minimum atomic E-state index is -0.0776. The topological polar surface area (TPSA) is 72.3 Å². The summed E-state index contributed by atoms with van der Waals surface area (Å²) >= 11 is 1.71. The van der Waals surface area contributed by atoms with E-state index in [1.807, 2.05) is 11.7 Å². The van der Waals surface area contributed by atoms with Crippen molar-refractivity contribution in [2.24, 2.45) is 0 Å². The van der Waals surface area contributed by atoms with Crippen LogP contribution in [0.1, 0.15) is 28.7 Å². The van der Waals surface area contributed by atoms with Crippen LogP contribution in [-0.4, -0.2) is 52.4 Å². The number of carbonyl (C=O) groups is 1. The van der Waals surface area contributed by atoms with E-state index in [-0.39, 0.29) is 18.6 Å². The summed E-state index contributed by atoms with van der Waals surface area (Å²) in [5.41, 5.74) is 4.24. The number of nitrogens with one attached hydrogen (secondary N) is 1. The van der Waals surface area contributed by atoms with Gasteiger partial charge in [0.2, 0.25) is 5.91 Å². The van der Waals surface area contributed by atoms with Crippen LogP contribution in [-0.2, 0) is 22.6 Å². The van der Waals surface area contributed by atoms with Gasteiger partial charge in [-0.25, -0.2) is 4.98 Å². The number of hydrogen-bond acceptors (Lipinski definition) is 6. The van der Waals surface area contributed by atoms with Gasteiger partial charge in [0.05, 0.1) is 22.9 Å². The molecule has 1 unspecified atom stereocenters. The van der Waals surface area contributed by atoms with E-state index in [2.05, 4.69) is 38.0 Å². The summed E-state index contributed by atoms with van der Waals surface area (Å²) in [6.45, 7) is 5.52. The van der Waals surface area contributed by atoms with Crippen molar-refractivity contribution in [2.75, 3.05) is 26.8 Å². The van der Waals surface area contributed by atoms with Crippen LogP contribution in [0.4, 0.5) is 0 Å². The summed E-state index contributed by atoms with van der Waals surface area (Å²) in [5.74, 6) is -0.0776. The maximum atomic E-state index is 11.5. The van der Waals surface area contributed by atoms with Crippen LogP contribution in [0.5, 0.6) is 0 Å². The van der Waals surface area contributed by atoms with E-state index in [1.54, 1.807) is 11.3 Å². The van der Waals surface area contributed by atoms with Crippen molar-refractivity contribution >= 4 is 17.2 Å². The lowest BCUT2D eigenvalue weighted by Gasteiger charge is -2.33. The zero-order chi connectivity index (χ0) is 16.9. The lowest BCUT2D eigenvalue weighted by atomic mass is 10.1. The zero-order valence-corrected chi connectivity index (χ0v) is 14.9. The highest BCUT2D eigenvalue weighted by Gasteiger charge is 2.26. The van der Waals surface area contributed by atoms with Crippen LogP contribution < -0.4 is 5.32 Å². The summed E-state index contributed by atoms with van der Waals surface area (Å²) in [6.07, 6.45) is 2.70. The van der Waals surface area contributed by atoms with E-state index >= 15 is 0 Å². The Labute approximate surface area is 145 Å². The minimum Gasteiger partial charge on any atom is -0.375 e. The lowest BCUT2D eigenvalue weighted by Crippen LogP contribution is -2.39. The zero-order valence-electron chi connectivity index (χ0n) is 14.1. The molecule has 1 amide bonds. The Hall–Kier alpha value is -1.77. The minimum absolute atomic E-state index is 0.0776. The molecule has 0 aromatic carbocycles. The molecule has 2 aromatic rings.